The lowest BCUT2D eigenvalue weighted by Gasteiger charge is -1.95. The molecule has 0 bridgehead atoms. The van der Waals surface area contributed by atoms with Gasteiger partial charge in [0.15, 0.2) is 0 Å². The first-order chi connectivity index (χ1) is 5.88. The van der Waals surface area contributed by atoms with E-state index in [0.717, 1.165) is 16.3 Å². The maximum absolute atomic E-state index is 5.72. The van der Waals surface area contributed by atoms with Crippen molar-refractivity contribution in [2.45, 2.75) is 0 Å². The van der Waals surface area contributed by atoms with E-state index < -0.39 is 0 Å². The largest absolute Gasteiger partial charge is 0.397 e. The number of nitrogens with two attached hydrogens (primary N) is 1. The number of hydrogen-bond acceptors (Lipinski definition) is 4. The summed E-state index contributed by atoms with van der Waals surface area (Å²) in [5, 5.41) is 9.69. The molecule has 0 unspecified atom stereocenters. The van der Waals surface area contributed by atoms with E-state index in [9.17, 15) is 0 Å². The highest BCUT2D eigenvalue weighted by atomic mass is 32.1. The molecule has 0 spiro atoms. The van der Waals surface area contributed by atoms with Crippen molar-refractivity contribution in [3.63, 3.8) is 0 Å². The van der Waals surface area contributed by atoms with Crippen molar-refractivity contribution in [1.29, 1.82) is 0 Å². The lowest BCUT2D eigenvalue weighted by Crippen LogP contribution is -1.87. The normalized spacial score (nSPS) is 10.0. The van der Waals surface area contributed by atoms with E-state index in [4.69, 9.17) is 5.73 Å². The molecule has 2 aromatic rings. The minimum absolute atomic E-state index is 0.764. The predicted molar refractivity (Wildman–Crippen MR) is 49.8 cm³/mol. The average Bonchev–Trinajstić information content (AvgIpc) is 2.53. The minimum Gasteiger partial charge on any atom is -0.397 e. The molecule has 0 saturated heterocycles. The number of nitrogens with zero attached hydrogens (tertiary/aromatic N) is 2. The van der Waals surface area contributed by atoms with Crippen molar-refractivity contribution in [2.24, 2.45) is 0 Å². The highest BCUT2D eigenvalue weighted by Crippen LogP contribution is 2.28. The summed E-state index contributed by atoms with van der Waals surface area (Å²) in [6.07, 6.45) is 1.65. The predicted octanol–water partition coefficient (Wildman–Crippen LogP) is 1.79. The van der Waals surface area contributed by atoms with Crippen molar-refractivity contribution >= 4 is 17.0 Å². The highest BCUT2D eigenvalue weighted by molar-refractivity contribution is 7.14. The monoisotopic (exact) mass is 177 g/mol. The first kappa shape index (κ1) is 7.24. The number of anilines is 1. The Labute approximate surface area is 73.9 Å². The van der Waals surface area contributed by atoms with Gasteiger partial charge in [0.05, 0.1) is 10.6 Å². The van der Waals surface area contributed by atoms with Gasteiger partial charge >= 0.3 is 0 Å². The van der Waals surface area contributed by atoms with Crippen molar-refractivity contribution in [3.8, 4) is 10.6 Å². The summed E-state index contributed by atoms with van der Waals surface area (Å²) in [6, 6.07) is 5.62. The maximum atomic E-state index is 5.72. The zero-order valence-corrected chi connectivity index (χ0v) is 7.08. The second kappa shape index (κ2) is 2.91. The molecule has 60 valence electrons. The minimum atomic E-state index is 0.764. The van der Waals surface area contributed by atoms with Crippen molar-refractivity contribution < 1.29 is 0 Å². The molecule has 2 N–H and O–H groups in total. The summed E-state index contributed by atoms with van der Waals surface area (Å²) in [4.78, 5) is 0.989. The lowest BCUT2D eigenvalue weighted by atomic mass is 10.3. The van der Waals surface area contributed by atoms with Gasteiger partial charge in [0.2, 0.25) is 0 Å². The van der Waals surface area contributed by atoms with Gasteiger partial charge in [-0.15, -0.1) is 16.4 Å². The Morgan fingerprint density at radius 3 is 2.83 bits per heavy atom. The van der Waals surface area contributed by atoms with E-state index in [1.54, 1.807) is 17.5 Å². The molecule has 0 radical (unpaired) electrons. The fourth-order valence-electron chi connectivity index (χ4n) is 0.950. The third-order valence-corrected chi connectivity index (χ3v) is 2.45. The van der Waals surface area contributed by atoms with Gasteiger partial charge < -0.3 is 5.73 Å². The molecular weight excluding hydrogens is 170 g/mol. The number of hydrogen-bond donors (Lipinski definition) is 1. The van der Waals surface area contributed by atoms with Gasteiger partial charge in [-0.2, -0.15) is 5.10 Å². The number of rotatable bonds is 1. The Hall–Kier alpha value is -1.42. The molecule has 0 aromatic carbocycles. The molecule has 2 aromatic heterocycles. The highest BCUT2D eigenvalue weighted by Gasteiger charge is 2.03. The van der Waals surface area contributed by atoms with Gasteiger partial charge in [0.25, 0.3) is 0 Å². The van der Waals surface area contributed by atoms with Gasteiger partial charge in [0.1, 0.15) is 5.69 Å². The average molecular weight is 177 g/mol. The van der Waals surface area contributed by atoms with Crippen LogP contribution in [-0.4, -0.2) is 10.2 Å². The third-order valence-electron chi connectivity index (χ3n) is 1.50. The van der Waals surface area contributed by atoms with Gasteiger partial charge in [-0.1, -0.05) is 0 Å². The molecule has 0 amide bonds. The molecule has 2 rings (SSSR count). The topological polar surface area (TPSA) is 51.8 Å². The Bertz CT molecular complexity index is 369. The number of thiophene rings is 1. The molecule has 0 aliphatic carbocycles. The fourth-order valence-corrected chi connectivity index (χ4v) is 1.73. The van der Waals surface area contributed by atoms with E-state index in [-0.39, 0.29) is 0 Å². The quantitative estimate of drug-likeness (QED) is 0.722. The van der Waals surface area contributed by atoms with Crippen LogP contribution in [-0.2, 0) is 0 Å². The smallest absolute Gasteiger partial charge is 0.105 e. The Balaban J connectivity index is 2.51. The van der Waals surface area contributed by atoms with Gasteiger partial charge in [0, 0.05) is 6.20 Å². The van der Waals surface area contributed by atoms with Gasteiger partial charge in [-0.05, 0) is 23.6 Å². The summed E-state index contributed by atoms with van der Waals surface area (Å²) < 4.78 is 0. The molecule has 3 nitrogen and oxygen atoms in total. The summed E-state index contributed by atoms with van der Waals surface area (Å²) in [6.45, 7) is 0. The second-order valence-corrected chi connectivity index (χ2v) is 3.23. The van der Waals surface area contributed by atoms with Crippen LogP contribution < -0.4 is 5.73 Å². The first-order valence-electron chi connectivity index (χ1n) is 3.49. The van der Waals surface area contributed by atoms with Gasteiger partial charge in [-0.25, -0.2) is 0 Å². The molecule has 12 heavy (non-hydrogen) atoms. The summed E-state index contributed by atoms with van der Waals surface area (Å²) >= 11 is 1.58. The molecule has 0 atom stereocenters. The fraction of sp³-hybridized carbons (Fsp3) is 0. The molecule has 4 heteroatoms. The first-order valence-corrected chi connectivity index (χ1v) is 4.37. The zero-order chi connectivity index (χ0) is 8.39. The van der Waals surface area contributed by atoms with E-state index in [2.05, 4.69) is 10.2 Å². The van der Waals surface area contributed by atoms with Crippen LogP contribution in [0, 0.1) is 0 Å². The molecule has 0 fully saturated rings. The van der Waals surface area contributed by atoms with Crippen molar-refractivity contribution in [3.05, 3.63) is 29.8 Å². The Morgan fingerprint density at radius 2 is 2.25 bits per heavy atom. The van der Waals surface area contributed by atoms with E-state index in [0.29, 0.717) is 0 Å². The maximum Gasteiger partial charge on any atom is 0.105 e. The number of nitrogen functional groups attached to an aromatic ring is 1. The van der Waals surface area contributed by atoms with Crippen LogP contribution in [0.15, 0.2) is 29.8 Å². The van der Waals surface area contributed by atoms with Crippen LogP contribution >= 0.6 is 11.3 Å². The summed E-state index contributed by atoms with van der Waals surface area (Å²) in [5.41, 5.74) is 7.32. The van der Waals surface area contributed by atoms with E-state index in [1.165, 1.54) is 0 Å². The summed E-state index contributed by atoms with van der Waals surface area (Å²) in [5.74, 6) is 0. The molecule has 0 aliphatic heterocycles. The third kappa shape index (κ3) is 1.16. The van der Waals surface area contributed by atoms with E-state index in [1.807, 2.05) is 23.6 Å². The molecule has 0 saturated carbocycles. The van der Waals surface area contributed by atoms with Crippen LogP contribution in [0.4, 0.5) is 5.69 Å². The molecule has 0 aliphatic rings. The SMILES string of the molecule is Nc1ccsc1-c1cccnn1. The number of aromatic nitrogens is 2. The molecular formula is C8H7N3S. The summed E-state index contributed by atoms with van der Waals surface area (Å²) in [7, 11) is 0. The zero-order valence-electron chi connectivity index (χ0n) is 6.27. The van der Waals surface area contributed by atoms with Crippen LogP contribution in [0.2, 0.25) is 0 Å². The molecule has 2 heterocycles. The van der Waals surface area contributed by atoms with Crippen LogP contribution in [0.1, 0.15) is 0 Å². The van der Waals surface area contributed by atoms with Crippen LogP contribution in [0.25, 0.3) is 10.6 Å². The van der Waals surface area contributed by atoms with Gasteiger partial charge in [-0.3, -0.25) is 0 Å². The Morgan fingerprint density at radius 1 is 1.33 bits per heavy atom. The standard InChI is InChI=1S/C8H7N3S/c9-6-3-5-12-8(6)7-2-1-4-10-11-7/h1-5H,9H2. The Kier molecular flexibility index (Phi) is 1.75. The second-order valence-electron chi connectivity index (χ2n) is 2.31. The van der Waals surface area contributed by atoms with E-state index >= 15 is 0 Å². The lowest BCUT2D eigenvalue weighted by molar-refractivity contribution is 1.04. The van der Waals surface area contributed by atoms with Crippen molar-refractivity contribution in [2.75, 3.05) is 5.73 Å². The van der Waals surface area contributed by atoms with Crippen LogP contribution in [0.3, 0.4) is 0 Å². The van der Waals surface area contributed by atoms with Crippen LogP contribution in [0.5, 0.6) is 0 Å². The van der Waals surface area contributed by atoms with Crippen molar-refractivity contribution in [1.82, 2.24) is 10.2 Å².